The number of aromatic nitrogens is 1. The molecule has 10 heteroatoms. The minimum atomic E-state index is -0.808. The van der Waals surface area contributed by atoms with Crippen LogP contribution in [0.3, 0.4) is 0 Å². The number of benzene rings is 2. The molecular formula is C26H18N4O5S. The summed E-state index contributed by atoms with van der Waals surface area (Å²) in [6.07, 6.45) is 1.62. The van der Waals surface area contributed by atoms with Crippen LogP contribution in [0.1, 0.15) is 37.8 Å². The van der Waals surface area contributed by atoms with Crippen molar-refractivity contribution in [1.29, 1.82) is 10.5 Å². The van der Waals surface area contributed by atoms with E-state index in [-0.39, 0.29) is 17.0 Å². The predicted molar refractivity (Wildman–Crippen MR) is 132 cm³/mol. The minimum Gasteiger partial charge on any atom is -0.465 e. The molecule has 0 aliphatic carbocycles. The lowest BCUT2D eigenvalue weighted by molar-refractivity contribution is 0.0592. The summed E-state index contributed by atoms with van der Waals surface area (Å²) in [4.78, 5) is 36.7. The van der Waals surface area contributed by atoms with Crippen molar-refractivity contribution < 1.29 is 19.1 Å². The van der Waals surface area contributed by atoms with Crippen molar-refractivity contribution in [2.75, 3.05) is 14.2 Å². The summed E-state index contributed by atoms with van der Waals surface area (Å²) in [7, 11) is 2.56. The maximum atomic E-state index is 13.2. The van der Waals surface area contributed by atoms with E-state index in [1.165, 1.54) is 30.9 Å². The number of ether oxygens (including phenoxy) is 2. The van der Waals surface area contributed by atoms with E-state index in [0.717, 1.165) is 11.3 Å². The molecule has 0 amide bonds. The normalized spacial score (nSPS) is 15.1. The first-order chi connectivity index (χ1) is 17.3. The number of hydrogen-bond donors (Lipinski definition) is 1. The number of fused-ring (bicyclic) bond motifs is 1. The van der Waals surface area contributed by atoms with Gasteiger partial charge in [0, 0.05) is 0 Å². The highest BCUT2D eigenvalue weighted by molar-refractivity contribution is 7.07. The van der Waals surface area contributed by atoms with Gasteiger partial charge in [0.2, 0.25) is 0 Å². The van der Waals surface area contributed by atoms with Gasteiger partial charge in [0.25, 0.3) is 5.56 Å². The number of nitrogens with two attached hydrogens (primary N) is 1. The summed E-state index contributed by atoms with van der Waals surface area (Å²) in [5.74, 6) is -1.86. The van der Waals surface area contributed by atoms with E-state index in [2.05, 4.69) is 6.07 Å². The highest BCUT2D eigenvalue weighted by Gasteiger charge is 2.32. The number of methoxy groups -OCH3 is 2. The summed E-state index contributed by atoms with van der Waals surface area (Å²) in [5, 5.41) is 19.9. The molecule has 2 N–H and O–H groups in total. The number of nitriles is 2. The molecule has 1 atom stereocenters. The molecular weight excluding hydrogens is 480 g/mol. The van der Waals surface area contributed by atoms with Crippen LogP contribution < -0.4 is 20.5 Å². The van der Waals surface area contributed by atoms with Gasteiger partial charge in [0.1, 0.15) is 10.5 Å². The maximum Gasteiger partial charge on any atom is 0.337 e. The largest absolute Gasteiger partial charge is 0.465 e. The fraction of sp³-hybridized carbons (Fsp3) is 0.115. The van der Waals surface area contributed by atoms with Crippen LogP contribution in [0.2, 0.25) is 0 Å². The number of carbonyl (C=O) groups excluding carboxylic acids is 2. The molecule has 0 saturated heterocycles. The lowest BCUT2D eigenvalue weighted by Crippen LogP contribution is -2.38. The smallest absolute Gasteiger partial charge is 0.337 e. The third-order valence-corrected chi connectivity index (χ3v) is 6.79. The quantitative estimate of drug-likeness (QED) is 0.531. The van der Waals surface area contributed by atoms with Crippen molar-refractivity contribution in [2.45, 2.75) is 5.92 Å². The van der Waals surface area contributed by atoms with E-state index in [0.29, 0.717) is 31.4 Å². The van der Waals surface area contributed by atoms with Crippen LogP contribution in [-0.4, -0.2) is 30.7 Å². The first-order valence-corrected chi connectivity index (χ1v) is 11.3. The third-order valence-electron chi connectivity index (χ3n) is 5.68. The molecule has 4 rings (SSSR count). The van der Waals surface area contributed by atoms with Gasteiger partial charge in [-0.05, 0) is 41.5 Å². The Morgan fingerprint density at radius 1 is 0.944 bits per heavy atom. The van der Waals surface area contributed by atoms with Gasteiger partial charge in [-0.3, -0.25) is 9.36 Å². The van der Waals surface area contributed by atoms with E-state index in [9.17, 15) is 24.9 Å². The minimum absolute atomic E-state index is 0.0544. The molecule has 2 heterocycles. The molecule has 1 aromatic heterocycles. The SMILES string of the molecule is COC(=O)c1ccc(/C=c2/sc3n(c2=O)C(N)=C(C#N)[C@@H](c2ccc(C(=O)OC)cc2)C=3C#N)cc1. The molecule has 178 valence electrons. The van der Waals surface area contributed by atoms with Gasteiger partial charge in [-0.15, -0.1) is 11.3 Å². The summed E-state index contributed by atoms with van der Waals surface area (Å²) in [5.41, 5.74) is 7.95. The van der Waals surface area contributed by atoms with Gasteiger partial charge in [-0.2, -0.15) is 10.5 Å². The first-order valence-electron chi connectivity index (χ1n) is 10.5. The van der Waals surface area contributed by atoms with Crippen LogP contribution >= 0.6 is 11.3 Å². The Kier molecular flexibility index (Phi) is 6.55. The van der Waals surface area contributed by atoms with Crippen LogP contribution in [0, 0.1) is 22.7 Å². The molecule has 3 aromatic rings. The van der Waals surface area contributed by atoms with Crippen LogP contribution in [-0.2, 0) is 9.47 Å². The number of esters is 2. The summed E-state index contributed by atoms with van der Waals surface area (Å²) in [6, 6.07) is 17.0. The number of nitrogens with zero attached hydrogens (tertiary/aromatic N) is 3. The van der Waals surface area contributed by atoms with Crippen molar-refractivity contribution >= 4 is 40.7 Å². The number of hydrogen-bond acceptors (Lipinski definition) is 9. The molecule has 0 spiro atoms. The monoisotopic (exact) mass is 498 g/mol. The Bertz CT molecular complexity index is 1680. The second-order valence-corrected chi connectivity index (χ2v) is 8.68. The Morgan fingerprint density at radius 3 is 1.97 bits per heavy atom. The Labute approximate surface area is 208 Å². The second kappa shape index (κ2) is 9.74. The fourth-order valence-electron chi connectivity index (χ4n) is 3.90. The average Bonchev–Trinajstić information content (AvgIpc) is 3.23. The summed E-state index contributed by atoms with van der Waals surface area (Å²) < 4.78 is 11.2. The molecule has 0 saturated carbocycles. The molecule has 36 heavy (non-hydrogen) atoms. The summed E-state index contributed by atoms with van der Waals surface area (Å²) in [6.45, 7) is 0. The van der Waals surface area contributed by atoms with Crippen molar-refractivity contribution in [3.63, 3.8) is 0 Å². The first kappa shape index (κ1) is 24.2. The van der Waals surface area contributed by atoms with E-state index in [4.69, 9.17) is 15.2 Å². The second-order valence-electron chi connectivity index (χ2n) is 7.65. The van der Waals surface area contributed by atoms with Gasteiger partial charge >= 0.3 is 11.9 Å². The highest BCUT2D eigenvalue weighted by atomic mass is 32.1. The van der Waals surface area contributed by atoms with Crippen LogP contribution in [0.5, 0.6) is 0 Å². The van der Waals surface area contributed by atoms with Gasteiger partial charge in [0.05, 0.1) is 59.1 Å². The van der Waals surface area contributed by atoms with Crippen LogP contribution in [0.25, 0.3) is 17.5 Å². The van der Waals surface area contributed by atoms with E-state index >= 15 is 0 Å². The highest BCUT2D eigenvalue weighted by Crippen LogP contribution is 2.35. The maximum absolute atomic E-state index is 13.2. The molecule has 9 nitrogen and oxygen atoms in total. The lowest BCUT2D eigenvalue weighted by atomic mass is 9.84. The number of carbonyl (C=O) groups is 2. The van der Waals surface area contributed by atoms with Crippen molar-refractivity contribution in [3.8, 4) is 12.1 Å². The van der Waals surface area contributed by atoms with Crippen LogP contribution in [0.15, 0.2) is 58.9 Å². The average molecular weight is 499 g/mol. The van der Waals surface area contributed by atoms with Gasteiger partial charge < -0.3 is 15.2 Å². The van der Waals surface area contributed by atoms with E-state index < -0.39 is 23.4 Å². The van der Waals surface area contributed by atoms with Gasteiger partial charge in [0.15, 0.2) is 0 Å². The molecule has 2 aromatic carbocycles. The molecule has 0 unspecified atom stereocenters. The van der Waals surface area contributed by atoms with Gasteiger partial charge in [-0.25, -0.2) is 9.59 Å². The molecule has 0 radical (unpaired) electrons. The zero-order chi connectivity index (χ0) is 26.0. The third kappa shape index (κ3) is 4.06. The van der Waals surface area contributed by atoms with E-state index in [1.807, 2.05) is 6.07 Å². The predicted octanol–water partition coefficient (Wildman–Crippen LogP) is 1.43. The molecule has 0 fully saturated rings. The van der Waals surface area contributed by atoms with Crippen LogP contribution in [0.4, 0.5) is 0 Å². The Balaban J connectivity index is 1.90. The van der Waals surface area contributed by atoms with Crippen molar-refractivity contribution in [2.24, 2.45) is 5.73 Å². The van der Waals surface area contributed by atoms with E-state index in [1.54, 1.807) is 42.5 Å². The standard InChI is InChI=1S/C26H18N4O5S/c1-34-25(32)16-5-3-14(4-6-16)11-20-23(31)30-22(29)18(12-27)21(19(13-28)24(30)36-20)15-7-9-17(10-8-15)26(33)35-2/h3-11,21H,29H2,1-2H3/b20-11+/t21-/m1/s1. The number of rotatable bonds is 4. The summed E-state index contributed by atoms with van der Waals surface area (Å²) >= 11 is 1.08. The van der Waals surface area contributed by atoms with Crippen molar-refractivity contribution in [3.05, 3.63) is 95.9 Å². The molecule has 1 aliphatic heterocycles. The molecule has 0 bridgehead atoms. The lowest BCUT2D eigenvalue weighted by Gasteiger charge is -2.22. The number of allylic oxidation sites excluding steroid dienone is 1. The van der Waals surface area contributed by atoms with Crippen molar-refractivity contribution in [1.82, 2.24) is 4.57 Å². The zero-order valence-corrected chi connectivity index (χ0v) is 20.0. The number of thiazole rings is 1. The fourth-order valence-corrected chi connectivity index (χ4v) is 5.03. The topological polar surface area (TPSA) is 148 Å². The zero-order valence-electron chi connectivity index (χ0n) is 19.1. The molecule has 1 aliphatic rings. The van der Waals surface area contributed by atoms with Gasteiger partial charge in [-0.1, -0.05) is 24.3 Å². The Morgan fingerprint density at radius 2 is 1.47 bits per heavy atom. The Hall–Kier alpha value is -4.93.